The number of aryl methyl sites for hydroxylation is 1. The van der Waals surface area contributed by atoms with E-state index >= 15 is 0 Å². The van der Waals surface area contributed by atoms with Gasteiger partial charge in [0.25, 0.3) is 0 Å². The predicted octanol–water partition coefficient (Wildman–Crippen LogP) is 2.55. The molecule has 2 rings (SSSR count). The van der Waals surface area contributed by atoms with Gasteiger partial charge in [0, 0.05) is 16.6 Å². The standard InChI is InChI=1S/C14H18N2O2S2/c1-10-5-6-12(15)9-14(10)20(17,18)16-11(2)8-13-4-3-7-19-13/h3-7,9,11,16H,8,15H2,1-2H3. The SMILES string of the molecule is Cc1ccc(N)cc1S(=O)(=O)NC(C)Cc1cccs1. The lowest BCUT2D eigenvalue weighted by atomic mass is 10.2. The molecule has 0 fully saturated rings. The molecule has 0 saturated heterocycles. The molecule has 0 aliphatic rings. The Morgan fingerprint density at radius 2 is 2.10 bits per heavy atom. The Hall–Kier alpha value is -1.37. The van der Waals surface area contributed by atoms with Gasteiger partial charge in [0.2, 0.25) is 10.0 Å². The van der Waals surface area contributed by atoms with Crippen molar-refractivity contribution < 1.29 is 8.42 Å². The molecule has 108 valence electrons. The number of thiophene rings is 1. The van der Waals surface area contributed by atoms with Crippen molar-refractivity contribution in [1.29, 1.82) is 0 Å². The molecule has 2 aromatic rings. The van der Waals surface area contributed by atoms with E-state index in [1.165, 1.54) is 6.07 Å². The van der Waals surface area contributed by atoms with E-state index in [-0.39, 0.29) is 10.9 Å². The average molecular weight is 310 g/mol. The van der Waals surface area contributed by atoms with Crippen LogP contribution in [0.15, 0.2) is 40.6 Å². The van der Waals surface area contributed by atoms with Gasteiger partial charge in [-0.1, -0.05) is 12.1 Å². The van der Waals surface area contributed by atoms with E-state index in [0.29, 0.717) is 17.7 Å². The van der Waals surface area contributed by atoms with Gasteiger partial charge in [-0.3, -0.25) is 0 Å². The minimum absolute atomic E-state index is 0.167. The highest BCUT2D eigenvalue weighted by Gasteiger charge is 2.20. The first-order valence-corrected chi connectivity index (χ1v) is 8.65. The van der Waals surface area contributed by atoms with E-state index in [2.05, 4.69) is 4.72 Å². The fraction of sp³-hybridized carbons (Fsp3) is 0.286. The maximum Gasteiger partial charge on any atom is 0.241 e. The number of sulfonamides is 1. The van der Waals surface area contributed by atoms with E-state index < -0.39 is 10.0 Å². The summed E-state index contributed by atoms with van der Waals surface area (Å²) in [6.07, 6.45) is 0.679. The summed E-state index contributed by atoms with van der Waals surface area (Å²) in [5.74, 6) is 0. The van der Waals surface area contributed by atoms with Crippen LogP contribution in [0.3, 0.4) is 0 Å². The molecule has 0 spiro atoms. The molecule has 3 N–H and O–H groups in total. The van der Waals surface area contributed by atoms with Gasteiger partial charge in [0.15, 0.2) is 0 Å². The fourth-order valence-electron chi connectivity index (χ4n) is 2.01. The zero-order chi connectivity index (χ0) is 14.8. The van der Waals surface area contributed by atoms with Gasteiger partial charge in [0.05, 0.1) is 4.90 Å². The minimum Gasteiger partial charge on any atom is -0.399 e. The van der Waals surface area contributed by atoms with E-state index in [1.807, 2.05) is 24.4 Å². The first-order valence-electron chi connectivity index (χ1n) is 6.29. The van der Waals surface area contributed by atoms with Crippen LogP contribution in [0.5, 0.6) is 0 Å². The first-order chi connectivity index (χ1) is 9.38. The van der Waals surface area contributed by atoms with Crippen molar-refractivity contribution in [3.8, 4) is 0 Å². The van der Waals surface area contributed by atoms with Gasteiger partial charge in [-0.25, -0.2) is 13.1 Å². The van der Waals surface area contributed by atoms with Gasteiger partial charge >= 0.3 is 0 Å². The molecular formula is C14H18N2O2S2. The van der Waals surface area contributed by atoms with Crippen molar-refractivity contribution in [3.63, 3.8) is 0 Å². The lowest BCUT2D eigenvalue weighted by Gasteiger charge is -2.15. The normalized spacial score (nSPS) is 13.3. The highest BCUT2D eigenvalue weighted by atomic mass is 32.2. The monoisotopic (exact) mass is 310 g/mol. The topological polar surface area (TPSA) is 72.2 Å². The summed E-state index contributed by atoms with van der Waals surface area (Å²) in [7, 11) is -3.54. The van der Waals surface area contributed by atoms with E-state index in [4.69, 9.17) is 5.73 Å². The third-order valence-corrected chi connectivity index (χ3v) is 5.58. The Morgan fingerprint density at radius 3 is 2.75 bits per heavy atom. The molecule has 0 aliphatic carbocycles. The summed E-state index contributed by atoms with van der Waals surface area (Å²) < 4.78 is 27.5. The smallest absolute Gasteiger partial charge is 0.241 e. The summed E-state index contributed by atoms with van der Waals surface area (Å²) in [4.78, 5) is 1.40. The van der Waals surface area contributed by atoms with Gasteiger partial charge < -0.3 is 5.73 Å². The van der Waals surface area contributed by atoms with Crippen LogP contribution in [0.25, 0.3) is 0 Å². The number of hydrogen-bond donors (Lipinski definition) is 2. The molecule has 1 aromatic heterocycles. The molecule has 1 aromatic carbocycles. The highest BCUT2D eigenvalue weighted by Crippen LogP contribution is 2.19. The lowest BCUT2D eigenvalue weighted by Crippen LogP contribution is -2.34. The molecular weight excluding hydrogens is 292 g/mol. The summed E-state index contributed by atoms with van der Waals surface area (Å²) in [6.45, 7) is 3.62. The summed E-state index contributed by atoms with van der Waals surface area (Å²) in [5.41, 5.74) is 6.81. The second-order valence-electron chi connectivity index (χ2n) is 4.83. The zero-order valence-corrected chi connectivity index (χ0v) is 13.1. The second-order valence-corrected chi connectivity index (χ2v) is 7.55. The van der Waals surface area contributed by atoms with Crippen LogP contribution >= 0.6 is 11.3 Å². The number of hydrogen-bond acceptors (Lipinski definition) is 4. The van der Waals surface area contributed by atoms with Crippen molar-refractivity contribution in [1.82, 2.24) is 4.72 Å². The number of anilines is 1. The largest absolute Gasteiger partial charge is 0.399 e. The van der Waals surface area contributed by atoms with Crippen molar-refractivity contribution in [3.05, 3.63) is 46.2 Å². The molecule has 1 unspecified atom stereocenters. The van der Waals surface area contributed by atoms with Crippen molar-refractivity contribution in [2.75, 3.05) is 5.73 Å². The van der Waals surface area contributed by atoms with E-state index in [9.17, 15) is 8.42 Å². The third-order valence-electron chi connectivity index (χ3n) is 2.95. The van der Waals surface area contributed by atoms with Gasteiger partial charge in [-0.05, 0) is 49.4 Å². The zero-order valence-electron chi connectivity index (χ0n) is 11.5. The van der Waals surface area contributed by atoms with E-state index in [0.717, 1.165) is 4.88 Å². The molecule has 20 heavy (non-hydrogen) atoms. The maximum atomic E-state index is 12.4. The number of benzene rings is 1. The van der Waals surface area contributed by atoms with Crippen LogP contribution in [-0.2, 0) is 16.4 Å². The van der Waals surface area contributed by atoms with Crippen LogP contribution in [-0.4, -0.2) is 14.5 Å². The number of nitrogen functional groups attached to an aromatic ring is 1. The lowest BCUT2D eigenvalue weighted by molar-refractivity contribution is 0.560. The average Bonchev–Trinajstić information content (AvgIpc) is 2.84. The first kappa shape index (κ1) is 15.0. The molecule has 0 bridgehead atoms. The molecule has 4 nitrogen and oxygen atoms in total. The molecule has 0 amide bonds. The Labute approximate surface area is 123 Å². The highest BCUT2D eigenvalue weighted by molar-refractivity contribution is 7.89. The molecule has 6 heteroatoms. The quantitative estimate of drug-likeness (QED) is 0.834. The summed E-state index contributed by atoms with van der Waals surface area (Å²) in [5, 5.41) is 1.98. The van der Waals surface area contributed by atoms with Crippen LogP contribution < -0.4 is 10.5 Å². The molecule has 1 atom stereocenters. The fourth-order valence-corrected chi connectivity index (χ4v) is 4.37. The molecule has 0 aliphatic heterocycles. The minimum atomic E-state index is -3.54. The van der Waals surface area contributed by atoms with Crippen LogP contribution in [0.1, 0.15) is 17.4 Å². The van der Waals surface area contributed by atoms with Gasteiger partial charge in [-0.15, -0.1) is 11.3 Å². The number of nitrogens with one attached hydrogen (secondary N) is 1. The summed E-state index contributed by atoms with van der Waals surface area (Å²) >= 11 is 1.62. The van der Waals surface area contributed by atoms with Crippen molar-refractivity contribution in [2.24, 2.45) is 0 Å². The Bertz CT molecular complexity index is 679. The molecule has 0 radical (unpaired) electrons. The number of rotatable bonds is 5. The number of nitrogens with two attached hydrogens (primary N) is 1. The maximum absolute atomic E-state index is 12.4. The van der Waals surface area contributed by atoms with Crippen LogP contribution in [0, 0.1) is 6.92 Å². The van der Waals surface area contributed by atoms with Crippen LogP contribution in [0.2, 0.25) is 0 Å². The Morgan fingerprint density at radius 1 is 1.35 bits per heavy atom. The van der Waals surface area contributed by atoms with Gasteiger partial charge in [0.1, 0.15) is 0 Å². The van der Waals surface area contributed by atoms with Crippen molar-refractivity contribution >= 4 is 27.0 Å². The predicted molar refractivity (Wildman–Crippen MR) is 83.4 cm³/mol. The molecule has 0 saturated carbocycles. The van der Waals surface area contributed by atoms with Crippen molar-refractivity contribution in [2.45, 2.75) is 31.2 Å². The second kappa shape index (κ2) is 5.95. The van der Waals surface area contributed by atoms with Crippen LogP contribution in [0.4, 0.5) is 5.69 Å². The summed E-state index contributed by atoms with van der Waals surface area (Å²) in [6, 6.07) is 8.71. The third kappa shape index (κ3) is 3.59. The Balaban J connectivity index is 2.16. The van der Waals surface area contributed by atoms with Gasteiger partial charge in [-0.2, -0.15) is 0 Å². The molecule has 1 heterocycles. The van der Waals surface area contributed by atoms with E-state index in [1.54, 1.807) is 30.4 Å². The Kier molecular flexibility index (Phi) is 4.47.